The topological polar surface area (TPSA) is 84.2 Å². The summed E-state index contributed by atoms with van der Waals surface area (Å²) in [6.45, 7) is 0.721. The van der Waals surface area contributed by atoms with Gasteiger partial charge in [0.05, 0.1) is 5.92 Å². The molecule has 2 saturated carbocycles. The van der Waals surface area contributed by atoms with Gasteiger partial charge in [-0.3, -0.25) is 9.59 Å². The summed E-state index contributed by atoms with van der Waals surface area (Å²) in [5, 5.41) is 5.68. The van der Waals surface area contributed by atoms with Crippen molar-refractivity contribution in [1.29, 1.82) is 0 Å². The summed E-state index contributed by atoms with van der Waals surface area (Å²) in [6, 6.07) is -0.354. The molecule has 2 aliphatic carbocycles. The van der Waals surface area contributed by atoms with E-state index >= 15 is 0 Å². The van der Waals surface area contributed by atoms with Gasteiger partial charge in [0.1, 0.15) is 6.04 Å². The maximum Gasteiger partial charge on any atom is 0.242 e. The minimum absolute atomic E-state index is 0.00301. The second-order valence-electron chi connectivity index (χ2n) is 5.93. The molecule has 100 valence electrons. The van der Waals surface area contributed by atoms with Crippen LogP contribution in [0.1, 0.15) is 32.1 Å². The molecule has 4 N–H and O–H groups in total. The Balaban J connectivity index is 1.63. The number of amides is 2. The summed E-state index contributed by atoms with van der Waals surface area (Å²) >= 11 is 0. The highest BCUT2D eigenvalue weighted by Crippen LogP contribution is 2.47. The zero-order valence-electron chi connectivity index (χ0n) is 10.5. The quantitative estimate of drug-likeness (QED) is 0.633. The molecule has 5 atom stereocenters. The van der Waals surface area contributed by atoms with E-state index < -0.39 is 0 Å². The van der Waals surface area contributed by atoms with Gasteiger partial charge in [-0.25, -0.2) is 0 Å². The molecule has 3 rings (SSSR count). The molecule has 1 aliphatic heterocycles. The Labute approximate surface area is 107 Å². The molecule has 18 heavy (non-hydrogen) atoms. The number of hydrogen-bond acceptors (Lipinski definition) is 3. The van der Waals surface area contributed by atoms with Gasteiger partial charge < -0.3 is 16.4 Å². The molecule has 0 aromatic carbocycles. The van der Waals surface area contributed by atoms with Crippen LogP contribution in [0.4, 0.5) is 0 Å². The lowest BCUT2D eigenvalue weighted by Gasteiger charge is -2.30. The summed E-state index contributed by atoms with van der Waals surface area (Å²) in [5.41, 5.74) is 6.14. The SMILES string of the molecule is NC1C2CCC(C2)C1C(=O)NC1CCCNC1=O. The summed E-state index contributed by atoms with van der Waals surface area (Å²) < 4.78 is 0. The van der Waals surface area contributed by atoms with E-state index in [0.29, 0.717) is 11.8 Å². The van der Waals surface area contributed by atoms with E-state index in [2.05, 4.69) is 10.6 Å². The van der Waals surface area contributed by atoms with Crippen LogP contribution < -0.4 is 16.4 Å². The molecular weight excluding hydrogens is 230 g/mol. The van der Waals surface area contributed by atoms with Gasteiger partial charge in [0.2, 0.25) is 11.8 Å². The minimum atomic E-state index is -0.349. The van der Waals surface area contributed by atoms with Gasteiger partial charge in [-0.05, 0) is 43.9 Å². The van der Waals surface area contributed by atoms with Crippen molar-refractivity contribution < 1.29 is 9.59 Å². The molecule has 0 radical (unpaired) electrons. The first-order chi connectivity index (χ1) is 8.66. The molecule has 1 saturated heterocycles. The molecule has 0 aromatic heterocycles. The van der Waals surface area contributed by atoms with Gasteiger partial charge in [-0.1, -0.05) is 0 Å². The van der Waals surface area contributed by atoms with Crippen LogP contribution in [0.25, 0.3) is 0 Å². The molecule has 3 fully saturated rings. The Hall–Kier alpha value is -1.10. The third kappa shape index (κ3) is 1.90. The lowest BCUT2D eigenvalue weighted by atomic mass is 9.84. The second kappa shape index (κ2) is 4.53. The highest BCUT2D eigenvalue weighted by Gasteiger charge is 2.49. The Morgan fingerprint density at radius 2 is 2.06 bits per heavy atom. The number of hydrogen-bond donors (Lipinski definition) is 3. The Bertz CT molecular complexity index is 369. The lowest BCUT2D eigenvalue weighted by molar-refractivity contribution is -0.133. The van der Waals surface area contributed by atoms with Crippen molar-refractivity contribution in [2.45, 2.75) is 44.2 Å². The zero-order chi connectivity index (χ0) is 12.7. The predicted octanol–water partition coefficient (Wildman–Crippen LogP) is -0.245. The van der Waals surface area contributed by atoms with Gasteiger partial charge in [-0.15, -0.1) is 0 Å². The van der Waals surface area contributed by atoms with Crippen molar-refractivity contribution in [2.24, 2.45) is 23.5 Å². The van der Waals surface area contributed by atoms with Gasteiger partial charge in [0.15, 0.2) is 0 Å². The van der Waals surface area contributed by atoms with E-state index in [4.69, 9.17) is 5.73 Å². The van der Waals surface area contributed by atoms with Crippen LogP contribution in [0.5, 0.6) is 0 Å². The average molecular weight is 251 g/mol. The smallest absolute Gasteiger partial charge is 0.242 e. The maximum atomic E-state index is 12.3. The zero-order valence-corrected chi connectivity index (χ0v) is 10.5. The summed E-state index contributed by atoms with van der Waals surface area (Å²) in [4.78, 5) is 23.9. The van der Waals surface area contributed by atoms with Crippen LogP contribution in [-0.4, -0.2) is 30.4 Å². The normalized spacial score (nSPS) is 42.7. The largest absolute Gasteiger partial charge is 0.354 e. The van der Waals surface area contributed by atoms with Gasteiger partial charge in [0.25, 0.3) is 0 Å². The highest BCUT2D eigenvalue weighted by molar-refractivity contribution is 5.89. The van der Waals surface area contributed by atoms with E-state index in [1.165, 1.54) is 6.42 Å². The fraction of sp³-hybridized carbons (Fsp3) is 0.846. The van der Waals surface area contributed by atoms with Crippen molar-refractivity contribution in [3.8, 4) is 0 Å². The number of nitrogens with two attached hydrogens (primary N) is 1. The van der Waals surface area contributed by atoms with E-state index in [0.717, 1.165) is 32.2 Å². The van der Waals surface area contributed by atoms with Crippen LogP contribution in [0.15, 0.2) is 0 Å². The Morgan fingerprint density at radius 1 is 1.28 bits per heavy atom. The van der Waals surface area contributed by atoms with Gasteiger partial charge >= 0.3 is 0 Å². The van der Waals surface area contributed by atoms with Crippen LogP contribution in [0.3, 0.4) is 0 Å². The highest BCUT2D eigenvalue weighted by atomic mass is 16.2. The molecule has 0 spiro atoms. The molecule has 5 unspecified atom stereocenters. The third-order valence-electron chi connectivity index (χ3n) is 4.89. The van der Waals surface area contributed by atoms with Crippen LogP contribution in [-0.2, 0) is 9.59 Å². The fourth-order valence-corrected chi connectivity index (χ4v) is 3.90. The van der Waals surface area contributed by atoms with E-state index in [-0.39, 0.29) is 29.8 Å². The molecule has 2 amide bonds. The third-order valence-corrected chi connectivity index (χ3v) is 4.89. The Morgan fingerprint density at radius 3 is 2.72 bits per heavy atom. The van der Waals surface area contributed by atoms with E-state index in [1.807, 2.05) is 0 Å². The monoisotopic (exact) mass is 251 g/mol. The number of nitrogens with one attached hydrogen (secondary N) is 2. The molecule has 2 bridgehead atoms. The summed E-state index contributed by atoms with van der Waals surface area (Å²) in [6.07, 6.45) is 5.05. The summed E-state index contributed by atoms with van der Waals surface area (Å²) in [7, 11) is 0. The maximum absolute atomic E-state index is 12.3. The van der Waals surface area contributed by atoms with Crippen molar-refractivity contribution in [3.63, 3.8) is 0 Å². The molecule has 1 heterocycles. The second-order valence-corrected chi connectivity index (χ2v) is 5.93. The van der Waals surface area contributed by atoms with E-state index in [1.54, 1.807) is 0 Å². The number of piperidine rings is 1. The first kappa shape index (κ1) is 12.0. The lowest BCUT2D eigenvalue weighted by Crippen LogP contribution is -2.54. The van der Waals surface area contributed by atoms with Crippen LogP contribution in [0, 0.1) is 17.8 Å². The van der Waals surface area contributed by atoms with Crippen molar-refractivity contribution in [1.82, 2.24) is 10.6 Å². The van der Waals surface area contributed by atoms with Crippen molar-refractivity contribution in [2.75, 3.05) is 6.54 Å². The molecule has 5 heteroatoms. The first-order valence-corrected chi connectivity index (χ1v) is 7.00. The van der Waals surface area contributed by atoms with Crippen LogP contribution >= 0.6 is 0 Å². The van der Waals surface area contributed by atoms with Crippen LogP contribution in [0.2, 0.25) is 0 Å². The standard InChI is InChI=1S/C13H21N3O2/c14-11-8-4-3-7(6-8)10(11)13(18)16-9-2-1-5-15-12(9)17/h7-11H,1-6,14H2,(H,15,17)(H,16,18). The Kier molecular flexibility index (Phi) is 3.01. The molecule has 5 nitrogen and oxygen atoms in total. The fourth-order valence-electron chi connectivity index (χ4n) is 3.90. The van der Waals surface area contributed by atoms with E-state index in [9.17, 15) is 9.59 Å². The van der Waals surface area contributed by atoms with Gasteiger partial charge in [0, 0.05) is 12.6 Å². The number of rotatable bonds is 2. The number of carbonyl (C=O) groups is 2. The van der Waals surface area contributed by atoms with Crippen molar-refractivity contribution >= 4 is 11.8 Å². The van der Waals surface area contributed by atoms with Crippen molar-refractivity contribution in [3.05, 3.63) is 0 Å². The molecular formula is C13H21N3O2. The van der Waals surface area contributed by atoms with Gasteiger partial charge in [-0.2, -0.15) is 0 Å². The average Bonchev–Trinajstić information content (AvgIpc) is 2.92. The number of fused-ring (bicyclic) bond motifs is 2. The molecule has 3 aliphatic rings. The predicted molar refractivity (Wildman–Crippen MR) is 66.5 cm³/mol. The first-order valence-electron chi connectivity index (χ1n) is 7.00. The minimum Gasteiger partial charge on any atom is -0.354 e. The molecule has 0 aromatic rings. The summed E-state index contributed by atoms with van der Waals surface area (Å²) in [5.74, 6) is 0.837. The number of carbonyl (C=O) groups excluding carboxylic acids is 2.